The van der Waals surface area contributed by atoms with Crippen LogP contribution in [-0.2, 0) is 6.54 Å². The molecule has 3 aromatic rings. The molecule has 0 radical (unpaired) electrons. The number of likely N-dealkylation sites (tertiary alicyclic amines) is 1. The summed E-state index contributed by atoms with van der Waals surface area (Å²) >= 11 is 0. The molecule has 5 nitrogen and oxygen atoms in total. The van der Waals surface area contributed by atoms with E-state index in [0.717, 1.165) is 35.8 Å². The summed E-state index contributed by atoms with van der Waals surface area (Å²) in [5, 5.41) is 0. The average Bonchev–Trinajstić information content (AvgIpc) is 3.16. The molecule has 0 bridgehead atoms. The van der Waals surface area contributed by atoms with Gasteiger partial charge in [-0.3, -0.25) is 4.90 Å². The maximum Gasteiger partial charge on any atom is 0.213 e. The van der Waals surface area contributed by atoms with E-state index in [0.29, 0.717) is 19.1 Å². The van der Waals surface area contributed by atoms with Gasteiger partial charge in [0, 0.05) is 48.3 Å². The van der Waals surface area contributed by atoms with Crippen molar-refractivity contribution in [3.8, 4) is 17.4 Å². The van der Waals surface area contributed by atoms with Crippen LogP contribution in [0.15, 0.2) is 60.7 Å². The molecule has 2 aliphatic heterocycles. The Morgan fingerprint density at radius 3 is 2.75 bits per heavy atom. The highest BCUT2D eigenvalue weighted by Gasteiger charge is 2.46. The lowest BCUT2D eigenvalue weighted by Crippen LogP contribution is -2.32. The fourth-order valence-corrected chi connectivity index (χ4v) is 4.90. The fraction of sp³-hybridized carbons (Fsp3) is 0.346. The molecule has 3 heterocycles. The molecule has 166 valence electrons. The summed E-state index contributed by atoms with van der Waals surface area (Å²) < 4.78 is 31.6. The number of hydrogen-bond acceptors (Lipinski definition) is 5. The smallest absolute Gasteiger partial charge is 0.213 e. The second kappa shape index (κ2) is 8.79. The molecule has 3 atom stereocenters. The number of benzene rings is 2. The number of methoxy groups -OCH3 is 1. The van der Waals surface area contributed by atoms with Gasteiger partial charge in [0.05, 0.1) is 20.3 Å². The van der Waals surface area contributed by atoms with E-state index in [-0.39, 0.29) is 23.7 Å². The molecule has 0 amide bonds. The average molecular weight is 435 g/mol. The van der Waals surface area contributed by atoms with Gasteiger partial charge in [-0.25, -0.2) is 9.37 Å². The van der Waals surface area contributed by atoms with Crippen LogP contribution < -0.4 is 14.2 Å². The lowest BCUT2D eigenvalue weighted by molar-refractivity contribution is 0.121. The number of nitrogens with zero attached hydrogens (tertiary/aromatic N) is 2. The van der Waals surface area contributed by atoms with E-state index in [9.17, 15) is 4.39 Å². The van der Waals surface area contributed by atoms with Crippen molar-refractivity contribution in [1.29, 1.82) is 0 Å². The Morgan fingerprint density at radius 1 is 1.12 bits per heavy atom. The van der Waals surface area contributed by atoms with Crippen molar-refractivity contribution >= 4 is 0 Å². The highest BCUT2D eigenvalue weighted by molar-refractivity contribution is 5.40. The number of aromatic nitrogens is 1. The van der Waals surface area contributed by atoms with Crippen molar-refractivity contribution in [1.82, 2.24) is 9.88 Å². The first-order valence-corrected chi connectivity index (χ1v) is 11.0. The van der Waals surface area contributed by atoms with Gasteiger partial charge in [-0.05, 0) is 48.9 Å². The Balaban J connectivity index is 1.40. The van der Waals surface area contributed by atoms with E-state index in [4.69, 9.17) is 14.2 Å². The van der Waals surface area contributed by atoms with Gasteiger partial charge < -0.3 is 14.2 Å². The van der Waals surface area contributed by atoms with Gasteiger partial charge in [-0.2, -0.15) is 0 Å². The number of rotatable bonds is 6. The third-order valence-corrected chi connectivity index (χ3v) is 6.45. The van der Waals surface area contributed by atoms with Crippen LogP contribution in [-0.4, -0.2) is 36.8 Å². The van der Waals surface area contributed by atoms with Crippen molar-refractivity contribution in [2.75, 3.05) is 26.9 Å². The maximum absolute atomic E-state index is 14.2. The standard InChI is InChI=1S/C26H27FN2O3/c1-17-4-3-5-25(28-17)32-15-19-14-29(13-18-6-9-21(30-2)10-7-18)26-22-12-20(27)8-11-24(22)31-16-23(19)26/h3-12,19,23,26H,13-16H2,1-2H3/t19-,23-,26-/m0/s1. The quantitative estimate of drug-likeness (QED) is 0.558. The number of ether oxygens (including phenoxy) is 3. The zero-order valence-corrected chi connectivity index (χ0v) is 18.3. The Labute approximate surface area is 187 Å². The summed E-state index contributed by atoms with van der Waals surface area (Å²) in [6, 6.07) is 18.8. The SMILES string of the molecule is COc1ccc(CN2C[C@@H](COc3cccc(C)n3)[C@@H]3COc4ccc(F)cc4[C@@H]32)cc1. The van der Waals surface area contributed by atoms with Crippen LogP contribution in [0, 0.1) is 24.6 Å². The molecule has 6 heteroatoms. The first-order chi connectivity index (χ1) is 15.6. The molecule has 1 saturated heterocycles. The van der Waals surface area contributed by atoms with Crippen LogP contribution in [0.25, 0.3) is 0 Å². The molecule has 1 aromatic heterocycles. The molecule has 32 heavy (non-hydrogen) atoms. The molecular formula is C26H27FN2O3. The predicted molar refractivity (Wildman–Crippen MR) is 119 cm³/mol. The lowest BCUT2D eigenvalue weighted by Gasteiger charge is -2.34. The van der Waals surface area contributed by atoms with Gasteiger partial charge in [-0.15, -0.1) is 0 Å². The Morgan fingerprint density at radius 2 is 1.97 bits per heavy atom. The van der Waals surface area contributed by atoms with Crippen LogP contribution in [0.4, 0.5) is 4.39 Å². The molecule has 2 aliphatic rings. The zero-order valence-electron chi connectivity index (χ0n) is 18.3. The fourth-order valence-electron chi connectivity index (χ4n) is 4.90. The number of fused-ring (bicyclic) bond motifs is 3. The van der Waals surface area contributed by atoms with Crippen molar-refractivity contribution in [3.05, 3.63) is 83.3 Å². The maximum atomic E-state index is 14.2. The van der Waals surface area contributed by atoms with E-state index in [1.165, 1.54) is 11.6 Å². The molecule has 2 aromatic carbocycles. The first-order valence-electron chi connectivity index (χ1n) is 11.0. The third kappa shape index (κ3) is 4.15. The van der Waals surface area contributed by atoms with Crippen LogP contribution in [0.5, 0.6) is 17.4 Å². The van der Waals surface area contributed by atoms with Gasteiger partial charge in [0.2, 0.25) is 5.88 Å². The molecule has 0 spiro atoms. The molecule has 0 N–H and O–H groups in total. The third-order valence-electron chi connectivity index (χ3n) is 6.45. The zero-order chi connectivity index (χ0) is 22.1. The molecule has 0 unspecified atom stereocenters. The number of halogens is 1. The van der Waals surface area contributed by atoms with Gasteiger partial charge >= 0.3 is 0 Å². The van der Waals surface area contributed by atoms with E-state index in [1.807, 2.05) is 37.3 Å². The van der Waals surface area contributed by atoms with Crippen molar-refractivity contribution in [3.63, 3.8) is 0 Å². The van der Waals surface area contributed by atoms with Gasteiger partial charge in [0.25, 0.3) is 0 Å². The van der Waals surface area contributed by atoms with Crippen LogP contribution >= 0.6 is 0 Å². The van der Waals surface area contributed by atoms with E-state index >= 15 is 0 Å². The second-order valence-electron chi connectivity index (χ2n) is 8.57. The van der Waals surface area contributed by atoms with Gasteiger partial charge in [0.15, 0.2) is 0 Å². The molecule has 0 saturated carbocycles. The Bertz CT molecular complexity index is 1090. The molecule has 0 aliphatic carbocycles. The van der Waals surface area contributed by atoms with Crippen LogP contribution in [0.2, 0.25) is 0 Å². The molecule has 5 rings (SSSR count). The monoisotopic (exact) mass is 434 g/mol. The number of pyridine rings is 1. The highest BCUT2D eigenvalue weighted by atomic mass is 19.1. The normalized spacial score (nSPS) is 22.0. The largest absolute Gasteiger partial charge is 0.497 e. The topological polar surface area (TPSA) is 43.8 Å². The van der Waals surface area contributed by atoms with Crippen molar-refractivity contribution in [2.24, 2.45) is 11.8 Å². The second-order valence-corrected chi connectivity index (χ2v) is 8.57. The van der Waals surface area contributed by atoms with Crippen molar-refractivity contribution in [2.45, 2.75) is 19.5 Å². The summed E-state index contributed by atoms with van der Waals surface area (Å²) in [5.41, 5.74) is 3.04. The Hall–Kier alpha value is -3.12. The van der Waals surface area contributed by atoms with Crippen LogP contribution in [0.1, 0.15) is 22.9 Å². The summed E-state index contributed by atoms with van der Waals surface area (Å²) in [4.78, 5) is 6.88. The summed E-state index contributed by atoms with van der Waals surface area (Å²) in [5.74, 6) is 2.47. The van der Waals surface area contributed by atoms with E-state index < -0.39 is 0 Å². The Kier molecular flexibility index (Phi) is 5.70. The summed E-state index contributed by atoms with van der Waals surface area (Å²) in [6.45, 7) is 4.70. The van der Waals surface area contributed by atoms with Gasteiger partial charge in [0.1, 0.15) is 17.3 Å². The predicted octanol–water partition coefficient (Wildman–Crippen LogP) is 4.80. The van der Waals surface area contributed by atoms with E-state index in [1.54, 1.807) is 19.2 Å². The number of aryl methyl sites for hydroxylation is 1. The first kappa shape index (κ1) is 20.8. The van der Waals surface area contributed by atoms with Crippen molar-refractivity contribution < 1.29 is 18.6 Å². The highest BCUT2D eigenvalue weighted by Crippen LogP contribution is 2.48. The van der Waals surface area contributed by atoms with E-state index in [2.05, 4.69) is 22.0 Å². The minimum Gasteiger partial charge on any atom is -0.497 e. The molecule has 1 fully saturated rings. The minimum absolute atomic E-state index is 0.0793. The molecular weight excluding hydrogens is 407 g/mol. The van der Waals surface area contributed by atoms with Crippen LogP contribution in [0.3, 0.4) is 0 Å². The number of hydrogen-bond donors (Lipinski definition) is 0. The minimum atomic E-state index is -0.235. The summed E-state index contributed by atoms with van der Waals surface area (Å²) in [6.07, 6.45) is 0. The lowest BCUT2D eigenvalue weighted by atomic mass is 9.85. The summed E-state index contributed by atoms with van der Waals surface area (Å²) in [7, 11) is 1.67. The van der Waals surface area contributed by atoms with Gasteiger partial charge in [-0.1, -0.05) is 18.2 Å².